The fourth-order valence-electron chi connectivity index (χ4n) is 1.65. The largest absolute Gasteiger partial charge is 0.421 e. The van der Waals surface area contributed by atoms with E-state index in [4.69, 9.17) is 21.6 Å². The molecule has 0 unspecified atom stereocenters. The molecule has 0 aliphatic rings. The van der Waals surface area contributed by atoms with Crippen LogP contribution in [0.4, 0.5) is 0 Å². The SMILES string of the molecule is Cc1cc(Br)cc(Cl)c1OC(=O)c1ccc(C#N)cc1. The molecule has 5 heteroatoms. The molecule has 0 amide bonds. The van der Waals surface area contributed by atoms with E-state index in [2.05, 4.69) is 15.9 Å². The van der Waals surface area contributed by atoms with E-state index in [9.17, 15) is 4.79 Å². The first-order valence-electron chi connectivity index (χ1n) is 5.69. The number of halogens is 2. The summed E-state index contributed by atoms with van der Waals surface area (Å²) in [6.45, 7) is 1.80. The van der Waals surface area contributed by atoms with Crippen LogP contribution >= 0.6 is 27.5 Å². The number of carbonyl (C=O) groups is 1. The minimum Gasteiger partial charge on any atom is -0.421 e. The van der Waals surface area contributed by atoms with Crippen molar-refractivity contribution in [3.63, 3.8) is 0 Å². The second-order valence-corrected chi connectivity index (χ2v) is 5.44. The Hall–Kier alpha value is -1.83. The van der Waals surface area contributed by atoms with Crippen LogP contribution in [0.15, 0.2) is 40.9 Å². The van der Waals surface area contributed by atoms with Gasteiger partial charge in [0, 0.05) is 4.47 Å². The van der Waals surface area contributed by atoms with E-state index in [-0.39, 0.29) is 0 Å². The first-order chi connectivity index (χ1) is 9.51. The number of nitriles is 1. The number of esters is 1. The van der Waals surface area contributed by atoms with E-state index in [1.165, 1.54) is 0 Å². The molecule has 0 spiro atoms. The van der Waals surface area contributed by atoms with E-state index in [0.717, 1.165) is 10.0 Å². The first-order valence-corrected chi connectivity index (χ1v) is 6.86. The molecule has 0 heterocycles. The highest BCUT2D eigenvalue weighted by atomic mass is 79.9. The number of rotatable bonds is 2. The highest BCUT2D eigenvalue weighted by molar-refractivity contribution is 9.10. The standard InChI is InChI=1S/C15H9BrClNO2/c1-9-6-12(16)7-13(17)14(9)20-15(19)11-4-2-10(8-18)3-5-11/h2-7H,1H3. The Morgan fingerprint density at radius 3 is 2.50 bits per heavy atom. The molecule has 3 nitrogen and oxygen atoms in total. The molecule has 0 N–H and O–H groups in total. The van der Waals surface area contributed by atoms with E-state index in [1.54, 1.807) is 37.3 Å². The third-order valence-electron chi connectivity index (χ3n) is 2.64. The molecule has 100 valence electrons. The number of ether oxygens (including phenoxy) is 1. The van der Waals surface area contributed by atoms with Gasteiger partial charge in [-0.25, -0.2) is 4.79 Å². The Labute approximate surface area is 129 Å². The quantitative estimate of drug-likeness (QED) is 0.592. The lowest BCUT2D eigenvalue weighted by Crippen LogP contribution is -2.09. The lowest BCUT2D eigenvalue weighted by Gasteiger charge is -2.10. The van der Waals surface area contributed by atoms with Crippen LogP contribution in [-0.4, -0.2) is 5.97 Å². The van der Waals surface area contributed by atoms with E-state index < -0.39 is 5.97 Å². The summed E-state index contributed by atoms with van der Waals surface area (Å²) >= 11 is 9.38. The molecule has 20 heavy (non-hydrogen) atoms. The van der Waals surface area contributed by atoms with Crippen LogP contribution in [0.5, 0.6) is 5.75 Å². The lowest BCUT2D eigenvalue weighted by molar-refractivity contribution is 0.0733. The second kappa shape index (κ2) is 6.08. The molecule has 0 aromatic heterocycles. The number of hydrogen-bond acceptors (Lipinski definition) is 3. The Morgan fingerprint density at radius 2 is 1.95 bits per heavy atom. The number of nitrogens with zero attached hydrogens (tertiary/aromatic N) is 1. The van der Waals surface area contributed by atoms with Gasteiger partial charge in [0.05, 0.1) is 22.2 Å². The molecule has 0 atom stereocenters. The zero-order valence-electron chi connectivity index (χ0n) is 10.5. The third-order valence-corrected chi connectivity index (χ3v) is 3.38. The molecule has 0 bridgehead atoms. The highest BCUT2D eigenvalue weighted by Crippen LogP contribution is 2.32. The second-order valence-electron chi connectivity index (χ2n) is 4.11. The van der Waals surface area contributed by atoms with Crippen molar-refractivity contribution in [1.29, 1.82) is 5.26 Å². The number of aryl methyl sites for hydroxylation is 1. The number of benzene rings is 2. The zero-order valence-corrected chi connectivity index (χ0v) is 12.8. The Kier molecular flexibility index (Phi) is 4.43. The van der Waals surface area contributed by atoms with Crippen molar-refractivity contribution in [2.24, 2.45) is 0 Å². The van der Waals surface area contributed by atoms with Gasteiger partial charge in [-0.15, -0.1) is 0 Å². The minimum atomic E-state index is -0.512. The minimum absolute atomic E-state index is 0.337. The molecule has 0 aliphatic carbocycles. The van der Waals surface area contributed by atoms with Gasteiger partial charge in [-0.05, 0) is 48.9 Å². The van der Waals surface area contributed by atoms with Crippen molar-refractivity contribution < 1.29 is 9.53 Å². The van der Waals surface area contributed by atoms with Crippen LogP contribution in [0.1, 0.15) is 21.5 Å². The normalized spacial score (nSPS) is 9.90. The Morgan fingerprint density at radius 1 is 1.30 bits per heavy atom. The van der Waals surface area contributed by atoms with Gasteiger partial charge in [-0.1, -0.05) is 27.5 Å². The summed E-state index contributed by atoms with van der Waals surface area (Å²) in [6, 6.07) is 11.7. The maximum atomic E-state index is 12.0. The molecule has 0 saturated heterocycles. The number of carbonyl (C=O) groups excluding carboxylic acids is 1. The lowest BCUT2D eigenvalue weighted by atomic mass is 10.1. The average molecular weight is 351 g/mol. The van der Waals surface area contributed by atoms with Crippen LogP contribution < -0.4 is 4.74 Å². The van der Waals surface area contributed by atoms with Crippen LogP contribution in [0.25, 0.3) is 0 Å². The van der Waals surface area contributed by atoms with Crippen molar-refractivity contribution in [3.8, 4) is 11.8 Å². The molecule has 2 aromatic rings. The van der Waals surface area contributed by atoms with Crippen molar-refractivity contribution >= 4 is 33.5 Å². The molecule has 0 aliphatic heterocycles. The van der Waals surface area contributed by atoms with Crippen molar-refractivity contribution in [2.75, 3.05) is 0 Å². The van der Waals surface area contributed by atoms with Gasteiger partial charge < -0.3 is 4.74 Å². The van der Waals surface area contributed by atoms with E-state index >= 15 is 0 Å². The summed E-state index contributed by atoms with van der Waals surface area (Å²) in [5.74, 6) is -0.175. The smallest absolute Gasteiger partial charge is 0.343 e. The predicted molar refractivity (Wildman–Crippen MR) is 80.0 cm³/mol. The Balaban J connectivity index is 2.26. The molecular weight excluding hydrogens is 342 g/mol. The summed E-state index contributed by atoms with van der Waals surface area (Å²) in [7, 11) is 0. The summed E-state index contributed by atoms with van der Waals surface area (Å²) < 4.78 is 6.13. The monoisotopic (exact) mass is 349 g/mol. The van der Waals surface area contributed by atoms with Gasteiger partial charge >= 0.3 is 5.97 Å². The third kappa shape index (κ3) is 3.19. The van der Waals surface area contributed by atoms with Crippen molar-refractivity contribution in [3.05, 3.63) is 62.6 Å². The summed E-state index contributed by atoms with van der Waals surface area (Å²) in [6.07, 6.45) is 0. The van der Waals surface area contributed by atoms with Gasteiger partial charge in [0.1, 0.15) is 0 Å². The molecule has 2 rings (SSSR count). The summed E-state index contributed by atoms with van der Waals surface area (Å²) in [5.41, 5.74) is 1.60. The van der Waals surface area contributed by atoms with Crippen LogP contribution in [0, 0.1) is 18.3 Å². The molecule has 2 aromatic carbocycles. The molecule has 0 saturated carbocycles. The first kappa shape index (κ1) is 14.6. The van der Waals surface area contributed by atoms with Crippen molar-refractivity contribution in [1.82, 2.24) is 0 Å². The highest BCUT2D eigenvalue weighted by Gasteiger charge is 2.14. The van der Waals surface area contributed by atoms with Crippen LogP contribution in [0.3, 0.4) is 0 Å². The topological polar surface area (TPSA) is 50.1 Å². The predicted octanol–water partition coefficient (Wildman–Crippen LogP) is 4.50. The molecule has 0 fully saturated rings. The van der Waals surface area contributed by atoms with Crippen LogP contribution in [-0.2, 0) is 0 Å². The van der Waals surface area contributed by atoms with Gasteiger partial charge in [0.15, 0.2) is 5.75 Å². The van der Waals surface area contributed by atoms with Gasteiger partial charge in [0.2, 0.25) is 0 Å². The van der Waals surface area contributed by atoms with Gasteiger partial charge in [-0.3, -0.25) is 0 Å². The fraction of sp³-hybridized carbons (Fsp3) is 0.0667. The summed E-state index contributed by atoms with van der Waals surface area (Å²) in [4.78, 5) is 12.0. The van der Waals surface area contributed by atoms with E-state index in [0.29, 0.717) is 21.9 Å². The van der Waals surface area contributed by atoms with Gasteiger partial charge in [0.25, 0.3) is 0 Å². The fourth-order valence-corrected chi connectivity index (χ4v) is 2.66. The van der Waals surface area contributed by atoms with Gasteiger partial charge in [-0.2, -0.15) is 5.26 Å². The maximum absolute atomic E-state index is 12.0. The summed E-state index contributed by atoms with van der Waals surface area (Å²) in [5, 5.41) is 9.07. The number of hydrogen-bond donors (Lipinski definition) is 0. The molecule has 0 radical (unpaired) electrons. The average Bonchev–Trinajstić information content (AvgIpc) is 2.42. The zero-order chi connectivity index (χ0) is 14.7. The van der Waals surface area contributed by atoms with E-state index in [1.807, 2.05) is 12.1 Å². The molecular formula is C15H9BrClNO2. The maximum Gasteiger partial charge on any atom is 0.343 e. The Bertz CT molecular complexity index is 682. The van der Waals surface area contributed by atoms with Crippen molar-refractivity contribution in [2.45, 2.75) is 6.92 Å². The van der Waals surface area contributed by atoms with Crippen LogP contribution in [0.2, 0.25) is 5.02 Å².